The Balaban J connectivity index is 2.62. The number of aliphatic hydroxyl groups excluding tert-OH is 1. The van der Waals surface area contributed by atoms with Crippen LogP contribution in [0.5, 0.6) is 5.88 Å². The molecule has 1 atom stereocenters. The van der Waals surface area contributed by atoms with E-state index in [2.05, 4.69) is 31.1 Å². The molecule has 0 saturated carbocycles. The van der Waals surface area contributed by atoms with Crippen molar-refractivity contribution in [2.45, 2.75) is 39.7 Å². The zero-order chi connectivity index (χ0) is 14.3. The van der Waals surface area contributed by atoms with Gasteiger partial charge in [-0.3, -0.25) is 0 Å². The molecule has 0 fully saturated rings. The van der Waals surface area contributed by atoms with Crippen molar-refractivity contribution in [1.82, 2.24) is 4.98 Å². The van der Waals surface area contributed by atoms with Gasteiger partial charge >= 0.3 is 0 Å². The number of rotatable bonds is 8. The van der Waals surface area contributed by atoms with Gasteiger partial charge in [0.15, 0.2) is 0 Å². The number of aromatic nitrogens is 1. The topological polar surface area (TPSA) is 80.4 Å². The van der Waals surface area contributed by atoms with Gasteiger partial charge in [-0.1, -0.05) is 13.8 Å². The first kappa shape index (κ1) is 15.6. The lowest BCUT2D eigenvalue weighted by atomic mass is 10.2. The van der Waals surface area contributed by atoms with E-state index in [-0.39, 0.29) is 12.6 Å². The monoisotopic (exact) mass is 267 g/mol. The van der Waals surface area contributed by atoms with Crippen molar-refractivity contribution in [3.8, 4) is 5.88 Å². The van der Waals surface area contributed by atoms with E-state index in [0.717, 1.165) is 18.7 Å². The van der Waals surface area contributed by atoms with Crippen molar-refractivity contribution in [3.05, 3.63) is 12.1 Å². The van der Waals surface area contributed by atoms with Gasteiger partial charge < -0.3 is 20.9 Å². The molecule has 0 amide bonds. The van der Waals surface area contributed by atoms with Gasteiger partial charge in [0.1, 0.15) is 5.82 Å². The Morgan fingerprint density at radius 3 is 2.74 bits per heavy atom. The van der Waals surface area contributed by atoms with Crippen LogP contribution in [0.25, 0.3) is 0 Å². The highest BCUT2D eigenvalue weighted by atomic mass is 16.5. The number of anilines is 2. The minimum absolute atomic E-state index is 0.212. The van der Waals surface area contributed by atoms with Gasteiger partial charge in [-0.15, -0.1) is 0 Å². The Bertz CT molecular complexity index is 383. The number of nitrogens with one attached hydrogen (secondary N) is 1. The van der Waals surface area contributed by atoms with Crippen LogP contribution in [0.3, 0.4) is 0 Å². The standard InChI is InChI=1S/C14H25N3O2/c1-10(2)9-19-14-12(15)6-7-13(17-14)16-11(3)5-4-8-18/h6-7,10-11,18H,4-5,8-9,15H2,1-3H3,(H,16,17). The lowest BCUT2D eigenvalue weighted by Gasteiger charge is -2.16. The number of nitrogens with zero attached hydrogens (tertiary/aromatic N) is 1. The Kier molecular flexibility index (Phi) is 6.42. The lowest BCUT2D eigenvalue weighted by molar-refractivity contribution is 0.263. The third-order valence-corrected chi connectivity index (χ3v) is 2.63. The molecular formula is C14H25N3O2. The summed E-state index contributed by atoms with van der Waals surface area (Å²) in [5.74, 6) is 1.66. The average Bonchev–Trinajstić information content (AvgIpc) is 2.37. The maximum Gasteiger partial charge on any atom is 0.239 e. The number of nitrogen functional groups attached to an aromatic ring is 1. The first-order valence-electron chi connectivity index (χ1n) is 6.79. The van der Waals surface area contributed by atoms with Crippen molar-refractivity contribution >= 4 is 11.5 Å². The molecule has 19 heavy (non-hydrogen) atoms. The van der Waals surface area contributed by atoms with Gasteiger partial charge in [0, 0.05) is 12.6 Å². The van der Waals surface area contributed by atoms with E-state index in [1.807, 2.05) is 6.07 Å². The van der Waals surface area contributed by atoms with Crippen molar-refractivity contribution in [2.24, 2.45) is 5.92 Å². The molecule has 0 spiro atoms. The van der Waals surface area contributed by atoms with Crippen LogP contribution in [0.4, 0.5) is 11.5 Å². The van der Waals surface area contributed by atoms with E-state index in [1.165, 1.54) is 0 Å². The first-order chi connectivity index (χ1) is 9.02. The second kappa shape index (κ2) is 7.84. The quantitative estimate of drug-likeness (QED) is 0.673. The molecule has 1 rings (SSSR count). The van der Waals surface area contributed by atoms with Crippen LogP contribution < -0.4 is 15.8 Å². The molecule has 0 aliphatic rings. The summed E-state index contributed by atoms with van der Waals surface area (Å²) in [7, 11) is 0. The van der Waals surface area contributed by atoms with Crippen LogP contribution >= 0.6 is 0 Å². The summed E-state index contributed by atoms with van der Waals surface area (Å²) in [6.45, 7) is 7.03. The highest BCUT2D eigenvalue weighted by Gasteiger charge is 2.08. The molecule has 1 unspecified atom stereocenters. The highest BCUT2D eigenvalue weighted by molar-refractivity contribution is 5.53. The normalized spacial score (nSPS) is 12.5. The number of hydrogen-bond donors (Lipinski definition) is 3. The number of hydrogen-bond acceptors (Lipinski definition) is 5. The minimum Gasteiger partial charge on any atom is -0.476 e. The van der Waals surface area contributed by atoms with Crippen LogP contribution in [0, 0.1) is 5.92 Å². The van der Waals surface area contributed by atoms with Crippen molar-refractivity contribution in [2.75, 3.05) is 24.3 Å². The molecule has 0 bridgehead atoms. The fourth-order valence-electron chi connectivity index (χ4n) is 1.61. The van der Waals surface area contributed by atoms with Gasteiger partial charge in [-0.25, -0.2) is 0 Å². The predicted octanol–water partition coefficient (Wildman–Crippen LogP) is 2.27. The smallest absolute Gasteiger partial charge is 0.239 e. The van der Waals surface area contributed by atoms with Crippen LogP contribution in [-0.2, 0) is 0 Å². The Morgan fingerprint density at radius 1 is 1.37 bits per heavy atom. The van der Waals surface area contributed by atoms with Gasteiger partial charge in [0.05, 0.1) is 12.3 Å². The van der Waals surface area contributed by atoms with E-state index >= 15 is 0 Å². The molecule has 5 heteroatoms. The maximum atomic E-state index is 8.80. The van der Waals surface area contributed by atoms with Crippen LogP contribution in [0.1, 0.15) is 33.6 Å². The summed E-state index contributed by atoms with van der Waals surface area (Å²) in [5.41, 5.74) is 6.39. The van der Waals surface area contributed by atoms with Crippen LogP contribution in [-0.4, -0.2) is 29.3 Å². The molecule has 1 aromatic rings. The van der Waals surface area contributed by atoms with Crippen LogP contribution in [0.15, 0.2) is 12.1 Å². The Hall–Kier alpha value is -1.49. The first-order valence-corrected chi connectivity index (χ1v) is 6.79. The molecule has 108 valence electrons. The number of ether oxygens (including phenoxy) is 1. The summed E-state index contributed by atoms with van der Waals surface area (Å²) in [5, 5.41) is 12.1. The minimum atomic E-state index is 0.212. The molecule has 0 aliphatic carbocycles. The average molecular weight is 267 g/mol. The number of pyridine rings is 1. The van der Waals surface area contributed by atoms with E-state index in [4.69, 9.17) is 15.6 Å². The molecule has 0 radical (unpaired) electrons. The van der Waals surface area contributed by atoms with Crippen molar-refractivity contribution in [3.63, 3.8) is 0 Å². The number of aliphatic hydroxyl groups is 1. The molecule has 1 heterocycles. The molecule has 1 aromatic heterocycles. The molecule has 0 saturated heterocycles. The Labute approximate surface area is 115 Å². The third kappa shape index (κ3) is 5.79. The number of nitrogens with two attached hydrogens (primary N) is 1. The van der Waals surface area contributed by atoms with Gasteiger partial charge in [0.2, 0.25) is 5.88 Å². The fraction of sp³-hybridized carbons (Fsp3) is 0.643. The zero-order valence-corrected chi connectivity index (χ0v) is 12.0. The maximum absolute atomic E-state index is 8.80. The van der Waals surface area contributed by atoms with Gasteiger partial charge in [0.25, 0.3) is 0 Å². The summed E-state index contributed by atoms with van der Waals surface area (Å²) in [4.78, 5) is 4.37. The van der Waals surface area contributed by atoms with Gasteiger partial charge in [-0.05, 0) is 37.8 Å². The summed E-state index contributed by atoms with van der Waals surface area (Å²) < 4.78 is 5.59. The van der Waals surface area contributed by atoms with Gasteiger partial charge in [-0.2, -0.15) is 4.98 Å². The second-order valence-electron chi connectivity index (χ2n) is 5.21. The second-order valence-corrected chi connectivity index (χ2v) is 5.21. The largest absolute Gasteiger partial charge is 0.476 e. The molecule has 4 N–H and O–H groups in total. The van der Waals surface area contributed by atoms with E-state index in [0.29, 0.717) is 24.1 Å². The zero-order valence-electron chi connectivity index (χ0n) is 12.0. The molecule has 5 nitrogen and oxygen atoms in total. The van der Waals surface area contributed by atoms with E-state index < -0.39 is 0 Å². The van der Waals surface area contributed by atoms with Crippen molar-refractivity contribution < 1.29 is 9.84 Å². The highest BCUT2D eigenvalue weighted by Crippen LogP contribution is 2.22. The fourth-order valence-corrected chi connectivity index (χ4v) is 1.61. The molecule has 0 aliphatic heterocycles. The lowest BCUT2D eigenvalue weighted by Crippen LogP contribution is -2.17. The molecule has 0 aromatic carbocycles. The molecular weight excluding hydrogens is 242 g/mol. The van der Waals surface area contributed by atoms with Crippen LogP contribution in [0.2, 0.25) is 0 Å². The predicted molar refractivity (Wildman–Crippen MR) is 78.4 cm³/mol. The SMILES string of the molecule is CC(C)COc1nc(NC(C)CCCO)ccc1N. The Morgan fingerprint density at radius 2 is 2.11 bits per heavy atom. The van der Waals surface area contributed by atoms with E-state index in [9.17, 15) is 0 Å². The summed E-state index contributed by atoms with van der Waals surface area (Å²) in [6, 6.07) is 3.89. The van der Waals surface area contributed by atoms with Crippen molar-refractivity contribution in [1.29, 1.82) is 0 Å². The third-order valence-electron chi connectivity index (χ3n) is 2.63. The summed E-state index contributed by atoms with van der Waals surface area (Å²) >= 11 is 0. The van der Waals surface area contributed by atoms with E-state index in [1.54, 1.807) is 6.07 Å². The summed E-state index contributed by atoms with van der Waals surface area (Å²) in [6.07, 6.45) is 1.67.